The summed E-state index contributed by atoms with van der Waals surface area (Å²) in [6, 6.07) is 0. The minimum absolute atomic E-state index is 0.180. The zero-order valence-corrected chi connectivity index (χ0v) is 9.42. The average Bonchev–Trinajstić information content (AvgIpc) is 2.17. The predicted molar refractivity (Wildman–Crippen MR) is 57.9 cm³/mol. The highest BCUT2D eigenvalue weighted by Gasteiger charge is 2.50. The van der Waals surface area contributed by atoms with Crippen molar-refractivity contribution in [2.45, 2.75) is 40.0 Å². The number of aldehydes is 1. The van der Waals surface area contributed by atoms with Crippen LogP contribution in [-0.4, -0.2) is 6.29 Å². The van der Waals surface area contributed by atoms with Crippen molar-refractivity contribution in [2.24, 2.45) is 22.7 Å². The van der Waals surface area contributed by atoms with Gasteiger partial charge in [0.25, 0.3) is 0 Å². The van der Waals surface area contributed by atoms with Crippen LogP contribution < -0.4 is 0 Å². The first-order valence-corrected chi connectivity index (χ1v) is 5.68. The molecule has 0 aromatic carbocycles. The minimum atomic E-state index is 0.180. The molecule has 0 amide bonds. The van der Waals surface area contributed by atoms with Gasteiger partial charge in [-0.1, -0.05) is 32.9 Å². The van der Waals surface area contributed by atoms with Crippen molar-refractivity contribution in [2.75, 3.05) is 0 Å². The van der Waals surface area contributed by atoms with Gasteiger partial charge in [-0.2, -0.15) is 0 Å². The summed E-state index contributed by atoms with van der Waals surface area (Å²) in [5.74, 6) is 0.838. The topological polar surface area (TPSA) is 17.1 Å². The standard InChI is InChI=1S/C13H20O/c1-10(2)13-6-4-12(3,5-7-13)8-11(13)9-14/h4,6,9-11H,5,7-8H2,1-3H3/t11-,12-,13+/m1/s1. The SMILES string of the molecule is CC(C)[C@]12C=C[C@](C)(CC1)C[C@@H]2C=O. The van der Waals surface area contributed by atoms with E-state index in [0.29, 0.717) is 11.3 Å². The van der Waals surface area contributed by atoms with Crippen LogP contribution in [0.2, 0.25) is 0 Å². The van der Waals surface area contributed by atoms with Crippen LogP contribution in [0.3, 0.4) is 0 Å². The van der Waals surface area contributed by atoms with Crippen molar-refractivity contribution < 1.29 is 4.79 Å². The van der Waals surface area contributed by atoms with E-state index in [1.165, 1.54) is 19.1 Å². The van der Waals surface area contributed by atoms with Crippen LogP contribution in [0.5, 0.6) is 0 Å². The molecule has 0 heterocycles. The Balaban J connectivity index is 2.40. The second kappa shape index (κ2) is 2.95. The van der Waals surface area contributed by atoms with Gasteiger partial charge in [0.05, 0.1) is 0 Å². The summed E-state index contributed by atoms with van der Waals surface area (Å²) < 4.78 is 0. The van der Waals surface area contributed by atoms with Gasteiger partial charge in [0, 0.05) is 5.92 Å². The van der Waals surface area contributed by atoms with E-state index in [-0.39, 0.29) is 11.3 Å². The van der Waals surface area contributed by atoms with Gasteiger partial charge in [-0.25, -0.2) is 0 Å². The lowest BCUT2D eigenvalue weighted by Crippen LogP contribution is -2.46. The van der Waals surface area contributed by atoms with Crippen molar-refractivity contribution in [3.8, 4) is 0 Å². The third-order valence-corrected chi connectivity index (χ3v) is 4.54. The van der Waals surface area contributed by atoms with Crippen molar-refractivity contribution in [1.29, 1.82) is 0 Å². The molecule has 3 aliphatic carbocycles. The van der Waals surface area contributed by atoms with Crippen LogP contribution in [0.25, 0.3) is 0 Å². The Labute approximate surface area is 86.6 Å². The molecule has 1 nitrogen and oxygen atoms in total. The molecule has 0 saturated heterocycles. The number of carbonyl (C=O) groups is 1. The van der Waals surface area contributed by atoms with E-state index in [0.717, 1.165) is 6.42 Å². The fourth-order valence-corrected chi connectivity index (χ4v) is 3.28. The zero-order valence-electron chi connectivity index (χ0n) is 9.42. The van der Waals surface area contributed by atoms with Crippen molar-refractivity contribution in [3.05, 3.63) is 12.2 Å². The molecule has 2 bridgehead atoms. The largest absolute Gasteiger partial charge is 0.303 e. The highest BCUT2D eigenvalue weighted by atomic mass is 16.1. The predicted octanol–water partition coefficient (Wildman–Crippen LogP) is 3.20. The zero-order chi connectivity index (χ0) is 10.4. The molecule has 1 heteroatoms. The lowest BCUT2D eigenvalue weighted by Gasteiger charge is -2.53. The molecule has 78 valence electrons. The molecule has 3 aliphatic rings. The number of fused-ring (bicyclic) bond motifs is 2. The highest BCUT2D eigenvalue weighted by molar-refractivity contribution is 5.58. The number of hydrogen-bond donors (Lipinski definition) is 0. The third kappa shape index (κ3) is 1.18. The van der Waals surface area contributed by atoms with Gasteiger partial charge >= 0.3 is 0 Å². The fraction of sp³-hybridized carbons (Fsp3) is 0.769. The lowest BCUT2D eigenvalue weighted by atomic mass is 9.51. The van der Waals surface area contributed by atoms with Gasteiger partial charge in [0.2, 0.25) is 0 Å². The van der Waals surface area contributed by atoms with E-state index in [1.54, 1.807) is 0 Å². The van der Waals surface area contributed by atoms with Gasteiger partial charge in [-0.3, -0.25) is 0 Å². The van der Waals surface area contributed by atoms with E-state index in [9.17, 15) is 4.79 Å². The lowest BCUT2D eigenvalue weighted by molar-refractivity contribution is -0.119. The molecule has 0 N–H and O–H groups in total. The highest BCUT2D eigenvalue weighted by Crippen LogP contribution is 2.57. The second-order valence-electron chi connectivity index (χ2n) is 5.70. The van der Waals surface area contributed by atoms with Crippen LogP contribution in [0.4, 0.5) is 0 Å². The van der Waals surface area contributed by atoms with E-state index in [2.05, 4.69) is 32.9 Å². The summed E-state index contributed by atoms with van der Waals surface area (Å²) in [6.45, 7) is 6.77. The van der Waals surface area contributed by atoms with Gasteiger partial charge < -0.3 is 4.79 Å². The van der Waals surface area contributed by atoms with E-state index >= 15 is 0 Å². The molecular weight excluding hydrogens is 172 g/mol. The molecule has 0 radical (unpaired) electrons. The van der Waals surface area contributed by atoms with Crippen LogP contribution >= 0.6 is 0 Å². The Morgan fingerprint density at radius 1 is 1.36 bits per heavy atom. The van der Waals surface area contributed by atoms with Crippen molar-refractivity contribution >= 4 is 6.29 Å². The molecule has 14 heavy (non-hydrogen) atoms. The molecule has 1 saturated carbocycles. The van der Waals surface area contributed by atoms with Crippen LogP contribution in [0, 0.1) is 22.7 Å². The Hall–Kier alpha value is -0.590. The maximum Gasteiger partial charge on any atom is 0.123 e. The molecule has 0 aromatic rings. The first-order chi connectivity index (χ1) is 6.52. The Bertz CT molecular complexity index is 279. The summed E-state index contributed by atoms with van der Waals surface area (Å²) in [5, 5.41) is 0. The molecule has 3 atom stereocenters. The Kier molecular flexibility index (Phi) is 2.09. The summed E-state index contributed by atoms with van der Waals surface area (Å²) in [5.41, 5.74) is 0.488. The first kappa shape index (κ1) is 9.95. The minimum Gasteiger partial charge on any atom is -0.303 e. The Morgan fingerprint density at radius 2 is 2.07 bits per heavy atom. The third-order valence-electron chi connectivity index (χ3n) is 4.54. The van der Waals surface area contributed by atoms with Crippen LogP contribution in [-0.2, 0) is 4.79 Å². The molecule has 0 aliphatic heterocycles. The molecule has 0 spiro atoms. The van der Waals surface area contributed by atoms with Crippen molar-refractivity contribution in [1.82, 2.24) is 0 Å². The summed E-state index contributed by atoms with van der Waals surface area (Å²) in [4.78, 5) is 11.2. The second-order valence-corrected chi connectivity index (χ2v) is 5.70. The molecule has 3 rings (SSSR count). The van der Waals surface area contributed by atoms with Crippen LogP contribution in [0.1, 0.15) is 40.0 Å². The van der Waals surface area contributed by atoms with E-state index in [1.807, 2.05) is 0 Å². The Morgan fingerprint density at radius 3 is 2.50 bits per heavy atom. The van der Waals surface area contributed by atoms with Gasteiger partial charge in [0.1, 0.15) is 6.29 Å². The normalized spacial score (nSPS) is 45.9. The van der Waals surface area contributed by atoms with Crippen LogP contribution in [0.15, 0.2) is 12.2 Å². The van der Waals surface area contributed by atoms with E-state index < -0.39 is 0 Å². The fourth-order valence-electron chi connectivity index (χ4n) is 3.28. The molecule has 0 unspecified atom stereocenters. The van der Waals surface area contributed by atoms with Gasteiger partial charge in [0.15, 0.2) is 0 Å². The summed E-state index contributed by atoms with van der Waals surface area (Å²) >= 11 is 0. The maximum atomic E-state index is 11.2. The quantitative estimate of drug-likeness (QED) is 0.485. The average molecular weight is 192 g/mol. The molecule has 1 fully saturated rings. The van der Waals surface area contributed by atoms with Crippen molar-refractivity contribution in [3.63, 3.8) is 0 Å². The monoisotopic (exact) mass is 192 g/mol. The number of carbonyl (C=O) groups excluding carboxylic acids is 1. The summed E-state index contributed by atoms with van der Waals surface area (Å²) in [6.07, 6.45) is 9.40. The van der Waals surface area contributed by atoms with Gasteiger partial charge in [-0.15, -0.1) is 0 Å². The smallest absolute Gasteiger partial charge is 0.123 e. The summed E-state index contributed by atoms with van der Waals surface area (Å²) in [7, 11) is 0. The number of allylic oxidation sites excluding steroid dienone is 2. The molecular formula is C13H20O. The maximum absolute atomic E-state index is 11.2. The first-order valence-electron chi connectivity index (χ1n) is 5.68. The number of rotatable bonds is 2. The molecule has 0 aromatic heterocycles. The number of hydrogen-bond acceptors (Lipinski definition) is 1. The van der Waals surface area contributed by atoms with Gasteiger partial charge in [-0.05, 0) is 36.0 Å². The van der Waals surface area contributed by atoms with E-state index in [4.69, 9.17) is 0 Å².